The van der Waals surface area contributed by atoms with Crippen molar-refractivity contribution in [3.8, 4) is 17.2 Å². The lowest BCUT2D eigenvalue weighted by atomic mass is 10.2. The molecule has 170 valence electrons. The molecule has 0 unspecified atom stereocenters. The van der Waals surface area contributed by atoms with Gasteiger partial charge < -0.3 is 39.9 Å². The molecule has 2 aromatic rings. The van der Waals surface area contributed by atoms with E-state index in [1.54, 1.807) is 22.8 Å². The van der Waals surface area contributed by atoms with Gasteiger partial charge in [0.2, 0.25) is 0 Å². The van der Waals surface area contributed by atoms with E-state index in [2.05, 4.69) is 4.98 Å². The molecule has 2 heterocycles. The predicted octanol–water partition coefficient (Wildman–Crippen LogP) is 0.391. The van der Waals surface area contributed by atoms with Crippen molar-refractivity contribution in [1.82, 2.24) is 9.55 Å². The van der Waals surface area contributed by atoms with Gasteiger partial charge in [0, 0.05) is 6.07 Å². The fourth-order valence-corrected chi connectivity index (χ4v) is 2.82. The number of hydrogen-bond acceptors (Lipinski definition) is 9. The Morgan fingerprint density at radius 2 is 1.32 bits per heavy atom. The third-order valence-electron chi connectivity index (χ3n) is 4.33. The summed E-state index contributed by atoms with van der Waals surface area (Å²) in [5.41, 5.74) is 12.0. The normalized spacial score (nSPS) is 17.4. The molecule has 0 atom stereocenters. The molecule has 0 spiro atoms. The molecule has 0 aliphatic carbocycles. The van der Waals surface area contributed by atoms with Gasteiger partial charge in [-0.05, 0) is 12.1 Å². The van der Waals surface area contributed by atoms with Crippen molar-refractivity contribution in [2.24, 2.45) is 5.73 Å². The Bertz CT molecular complexity index is 843. The number of nitrogen functional groups attached to an aromatic ring is 1. The van der Waals surface area contributed by atoms with Gasteiger partial charge in [-0.1, -0.05) is 0 Å². The molecule has 11 nitrogen and oxygen atoms in total. The summed E-state index contributed by atoms with van der Waals surface area (Å²) in [6.45, 7) is 4.35. The summed E-state index contributed by atoms with van der Waals surface area (Å²) in [4.78, 5) is 15.4. The van der Waals surface area contributed by atoms with Gasteiger partial charge in [0.1, 0.15) is 25.4 Å². The second-order valence-corrected chi connectivity index (χ2v) is 6.49. The number of anilines is 1. The number of nitrogens with zero attached hydrogens (tertiary/aromatic N) is 2. The number of carbonyl (C=O) groups excluding carboxylic acids is 1. The molecule has 1 aromatic carbocycles. The van der Waals surface area contributed by atoms with E-state index in [1.807, 2.05) is 0 Å². The molecule has 1 aromatic heterocycles. The van der Waals surface area contributed by atoms with Crippen LogP contribution in [0.25, 0.3) is 5.69 Å². The van der Waals surface area contributed by atoms with Crippen LogP contribution in [0.5, 0.6) is 11.5 Å². The van der Waals surface area contributed by atoms with Gasteiger partial charge in [0.15, 0.2) is 17.2 Å². The molecule has 1 amide bonds. The monoisotopic (exact) mass is 436 g/mol. The number of hydrogen-bond donors (Lipinski definition) is 2. The molecule has 0 saturated heterocycles. The summed E-state index contributed by atoms with van der Waals surface area (Å²) in [5, 5.41) is 0. The highest BCUT2D eigenvalue weighted by atomic mass is 16.6. The molecule has 11 heteroatoms. The van der Waals surface area contributed by atoms with Crippen molar-refractivity contribution < 1.29 is 33.2 Å². The zero-order valence-corrected chi connectivity index (χ0v) is 17.3. The van der Waals surface area contributed by atoms with Gasteiger partial charge in [-0.3, -0.25) is 9.36 Å². The summed E-state index contributed by atoms with van der Waals surface area (Å²) in [6.07, 6.45) is 1.43. The van der Waals surface area contributed by atoms with Gasteiger partial charge in [-0.25, -0.2) is 4.98 Å². The van der Waals surface area contributed by atoms with Crippen molar-refractivity contribution in [3.63, 3.8) is 0 Å². The number of imidazole rings is 1. The van der Waals surface area contributed by atoms with Crippen molar-refractivity contribution in [3.05, 3.63) is 30.2 Å². The Balaban J connectivity index is 1.71. The van der Waals surface area contributed by atoms with E-state index >= 15 is 0 Å². The number of benzene rings is 1. The van der Waals surface area contributed by atoms with E-state index in [0.717, 1.165) is 0 Å². The quantitative estimate of drug-likeness (QED) is 0.683. The molecular weight excluding hydrogens is 408 g/mol. The lowest BCUT2D eigenvalue weighted by Gasteiger charge is -2.16. The number of primary amides is 1. The van der Waals surface area contributed by atoms with Crippen LogP contribution in [-0.2, 0) is 18.9 Å². The first-order valence-electron chi connectivity index (χ1n) is 10.0. The van der Waals surface area contributed by atoms with Crippen LogP contribution in [0.15, 0.2) is 24.5 Å². The SMILES string of the molecule is NC(=O)c1ncn(-c2ccc3c(c2)OCCOCCOCCOCCOCCO3)c1N. The Morgan fingerprint density at radius 3 is 1.84 bits per heavy atom. The van der Waals surface area contributed by atoms with Gasteiger partial charge in [0.05, 0.1) is 58.5 Å². The summed E-state index contributed by atoms with van der Waals surface area (Å²) >= 11 is 0. The number of ether oxygens (including phenoxy) is 6. The van der Waals surface area contributed by atoms with Crippen molar-refractivity contribution >= 4 is 11.7 Å². The van der Waals surface area contributed by atoms with Crippen LogP contribution in [0, 0.1) is 0 Å². The van der Waals surface area contributed by atoms with E-state index in [1.165, 1.54) is 6.33 Å². The summed E-state index contributed by atoms with van der Waals surface area (Å²) in [5.74, 6) is 0.490. The highest BCUT2D eigenvalue weighted by Gasteiger charge is 2.15. The average Bonchev–Trinajstić information content (AvgIpc) is 3.15. The highest BCUT2D eigenvalue weighted by Crippen LogP contribution is 2.31. The van der Waals surface area contributed by atoms with E-state index < -0.39 is 5.91 Å². The van der Waals surface area contributed by atoms with Crippen molar-refractivity contribution in [2.75, 3.05) is 71.8 Å². The zero-order valence-electron chi connectivity index (χ0n) is 17.3. The zero-order chi connectivity index (χ0) is 21.9. The molecule has 3 rings (SSSR count). The maximum atomic E-state index is 11.4. The summed E-state index contributed by atoms with van der Waals surface area (Å²) in [7, 11) is 0. The molecule has 1 aliphatic heterocycles. The van der Waals surface area contributed by atoms with Gasteiger partial charge in [-0.15, -0.1) is 0 Å². The summed E-state index contributed by atoms with van der Waals surface area (Å²) in [6, 6.07) is 5.28. The Morgan fingerprint density at radius 1 is 0.806 bits per heavy atom. The van der Waals surface area contributed by atoms with Crippen LogP contribution < -0.4 is 20.9 Å². The second-order valence-electron chi connectivity index (χ2n) is 6.49. The molecule has 0 fully saturated rings. The Hall–Kier alpha value is -2.86. The van der Waals surface area contributed by atoms with Crippen molar-refractivity contribution in [1.29, 1.82) is 0 Å². The molecule has 0 saturated carbocycles. The number of aromatic nitrogens is 2. The standard InChI is InChI=1S/C20H28N4O7/c21-19-18(20(22)25)23-14-24(19)15-1-2-16-17(13-15)31-12-10-29-8-6-27-4-3-26-5-7-28-9-11-30-16/h1-2,13-14H,3-12,21H2,(H2,22,25). The minimum Gasteiger partial charge on any atom is -0.487 e. The maximum Gasteiger partial charge on any atom is 0.271 e. The van der Waals surface area contributed by atoms with Crippen LogP contribution in [-0.4, -0.2) is 81.5 Å². The minimum absolute atomic E-state index is 0.00713. The molecule has 1 aliphatic rings. The van der Waals surface area contributed by atoms with Crippen LogP contribution in [0.4, 0.5) is 5.82 Å². The smallest absolute Gasteiger partial charge is 0.271 e. The first kappa shape index (κ1) is 22.8. The fourth-order valence-electron chi connectivity index (χ4n) is 2.82. The average molecular weight is 436 g/mol. The molecule has 31 heavy (non-hydrogen) atoms. The van der Waals surface area contributed by atoms with Gasteiger partial charge in [-0.2, -0.15) is 0 Å². The van der Waals surface area contributed by atoms with Crippen LogP contribution >= 0.6 is 0 Å². The number of rotatable bonds is 2. The first-order valence-corrected chi connectivity index (χ1v) is 10.0. The lowest BCUT2D eigenvalue weighted by Crippen LogP contribution is -2.16. The largest absolute Gasteiger partial charge is 0.487 e. The third kappa shape index (κ3) is 6.82. The summed E-state index contributed by atoms with van der Waals surface area (Å²) < 4.78 is 35.1. The molecular formula is C20H28N4O7. The lowest BCUT2D eigenvalue weighted by molar-refractivity contribution is -0.00841. The highest BCUT2D eigenvalue weighted by molar-refractivity contribution is 5.95. The van der Waals surface area contributed by atoms with E-state index in [4.69, 9.17) is 39.9 Å². The number of amides is 1. The van der Waals surface area contributed by atoms with E-state index in [0.29, 0.717) is 83.3 Å². The second kappa shape index (κ2) is 12.1. The van der Waals surface area contributed by atoms with Crippen LogP contribution in [0.3, 0.4) is 0 Å². The first-order chi connectivity index (χ1) is 15.2. The number of carbonyl (C=O) groups is 1. The van der Waals surface area contributed by atoms with E-state index in [-0.39, 0.29) is 11.5 Å². The predicted molar refractivity (Wildman–Crippen MR) is 111 cm³/mol. The van der Waals surface area contributed by atoms with Crippen molar-refractivity contribution in [2.45, 2.75) is 0 Å². The molecule has 0 radical (unpaired) electrons. The Kier molecular flexibility index (Phi) is 8.91. The number of nitrogens with two attached hydrogens (primary N) is 2. The Labute approximate surface area is 180 Å². The van der Waals surface area contributed by atoms with Crippen LogP contribution in [0.2, 0.25) is 0 Å². The number of fused-ring (bicyclic) bond motifs is 1. The maximum absolute atomic E-state index is 11.4. The van der Waals surface area contributed by atoms with Gasteiger partial charge >= 0.3 is 0 Å². The van der Waals surface area contributed by atoms with Gasteiger partial charge in [0.25, 0.3) is 5.91 Å². The third-order valence-corrected chi connectivity index (χ3v) is 4.33. The topological polar surface area (TPSA) is 142 Å². The van der Waals surface area contributed by atoms with E-state index in [9.17, 15) is 4.79 Å². The molecule has 0 bridgehead atoms. The van der Waals surface area contributed by atoms with Crippen LogP contribution in [0.1, 0.15) is 10.5 Å². The minimum atomic E-state index is -0.695. The molecule has 4 N–H and O–H groups in total. The fraction of sp³-hybridized carbons (Fsp3) is 0.500.